The number of phosphoric ester groups is 2. The van der Waals surface area contributed by atoms with Crippen molar-refractivity contribution in [3.8, 4) is 0 Å². The number of phosphoric acid groups is 3. The Hall–Kier alpha value is -2.31. The second-order valence-electron chi connectivity index (χ2n) is 13.6. The monoisotopic (exact) mass is 935 g/mol. The molecule has 0 saturated carbocycles. The second-order valence-corrected chi connectivity index (χ2v) is 19.4. The zero-order chi connectivity index (χ0) is 44.8. The summed E-state index contributed by atoms with van der Waals surface area (Å²) in [6, 6.07) is -0.261. The molecule has 3 fully saturated rings. The lowest BCUT2D eigenvalue weighted by Crippen LogP contribution is -2.36. The maximum Gasteiger partial charge on any atom is 0.538 e. The van der Waals surface area contributed by atoms with Crippen molar-refractivity contribution < 1.29 is 70.6 Å². The molecule has 3 aliphatic heterocycles. The fourth-order valence-corrected chi connectivity index (χ4v) is 11.4. The van der Waals surface area contributed by atoms with Gasteiger partial charge in [-0.3, -0.25) is 18.8 Å². The number of carbonyl (C=O) groups is 2. The molecule has 0 radical (unpaired) electrons. The Labute approximate surface area is 353 Å². The van der Waals surface area contributed by atoms with Crippen LogP contribution in [0.15, 0.2) is 12.7 Å². The number of nitrogens with zero attached hydrogens (tertiary/aromatic N) is 6. The molecule has 0 bridgehead atoms. The van der Waals surface area contributed by atoms with Crippen LogP contribution in [0.4, 0.5) is 10.6 Å². The summed E-state index contributed by atoms with van der Waals surface area (Å²) in [5.74, 6) is -0.491. The summed E-state index contributed by atoms with van der Waals surface area (Å²) in [7, 11) is -17.1. The van der Waals surface area contributed by atoms with Crippen molar-refractivity contribution in [2.45, 2.75) is 109 Å². The number of amides is 2. The topological polar surface area (TPSA) is 333 Å². The Morgan fingerprint density at radius 2 is 1.50 bits per heavy atom. The highest BCUT2D eigenvalue weighted by Crippen LogP contribution is 2.67. The van der Waals surface area contributed by atoms with E-state index in [0.29, 0.717) is 12.8 Å². The smallest absolute Gasteiger partial charge is 0.387 e. The first-order valence-electron chi connectivity index (χ1n) is 19.6. The highest BCUT2D eigenvalue weighted by atomic mass is 32.2. The molecule has 60 heavy (non-hydrogen) atoms. The normalized spacial score (nSPS) is 26.5. The first kappa shape index (κ1) is 52.0. The summed E-state index contributed by atoms with van der Waals surface area (Å²) in [6.45, 7) is 19.3. The molecular formula is C32H60N9O15P3S. The first-order valence-corrected chi connectivity index (χ1v) is 25.1. The number of fused-ring (bicyclic) bond motifs is 2. The van der Waals surface area contributed by atoms with Crippen molar-refractivity contribution in [3.63, 3.8) is 0 Å². The molecule has 10 atom stereocenters. The van der Waals surface area contributed by atoms with E-state index in [2.05, 4.69) is 94.6 Å². The fraction of sp³-hybridized carbons (Fsp3) is 0.781. The SMILES string of the molecule is CCN(CC)CC.CCN(CC)CC.Nc1ncnc2c1ncn2C1OC(COP(=O)(O)OP(=O)(O)OP(=O)(O)OC(=O)CCCC[C@@H]2SCC3NC(=O)NC32)C(O)C1O. The average Bonchev–Trinajstić information content (AvgIpc) is 3.94. The largest absolute Gasteiger partial charge is 0.538 e. The number of unbranched alkanes of at least 4 members (excludes halogenated alkanes) is 1. The minimum absolute atomic E-state index is 0.0225. The number of rotatable bonds is 20. The minimum Gasteiger partial charge on any atom is -0.387 e. The summed E-state index contributed by atoms with van der Waals surface area (Å²) in [6.07, 6.45) is -2.90. The van der Waals surface area contributed by atoms with Crippen molar-refractivity contribution in [2.75, 3.05) is 57.4 Å². The van der Waals surface area contributed by atoms with Gasteiger partial charge in [0.2, 0.25) is 0 Å². The molecule has 24 nitrogen and oxygen atoms in total. The molecule has 9 N–H and O–H groups in total. The molecule has 9 unspecified atom stereocenters. The number of thioether (sulfide) groups is 1. The number of aliphatic hydroxyl groups is 2. The van der Waals surface area contributed by atoms with E-state index in [1.807, 2.05) is 0 Å². The summed E-state index contributed by atoms with van der Waals surface area (Å²) in [5, 5.41) is 26.6. The molecule has 2 aromatic heterocycles. The Balaban J connectivity index is 0.000000589. The van der Waals surface area contributed by atoms with Crippen LogP contribution in [0, 0.1) is 0 Å². The van der Waals surface area contributed by atoms with Gasteiger partial charge < -0.3 is 55.4 Å². The third-order valence-corrected chi connectivity index (χ3v) is 15.5. The number of aromatic nitrogens is 4. The number of nitrogens with two attached hydrogens (primary N) is 1. The molecule has 0 spiro atoms. The standard InChI is InChI=1S/C20H30N7O15P3S.2C6H15N/c21-17-14-18(23-7-22-17)27(8-24-14)19-16(30)15(29)10(39-19)5-38-43(32,33)41-45(36,37)42-44(34,35)40-12(28)4-2-1-3-11-13-9(6-46-11)25-20(31)26-13;2*1-4-7(5-2)6-3/h7-11,13,15-16,19,29-30H,1-6H2,(H,32,33)(H,34,35)(H,36,37)(H2,21,22,23)(H2,25,26,31);2*4-6H2,1-3H3/t9?,10?,11-,13?,15?,16?,19?;;/m0../s1. The van der Waals surface area contributed by atoms with Crippen LogP contribution in [0.5, 0.6) is 0 Å². The first-order chi connectivity index (χ1) is 28.2. The summed E-state index contributed by atoms with van der Waals surface area (Å²) >= 11 is 1.66. The van der Waals surface area contributed by atoms with Gasteiger partial charge in [0, 0.05) is 17.4 Å². The number of anilines is 1. The number of imidazole rings is 1. The molecule has 5 rings (SSSR count). The van der Waals surface area contributed by atoms with Gasteiger partial charge in [0.05, 0.1) is 25.0 Å². The minimum atomic E-state index is -5.89. The quantitative estimate of drug-likeness (QED) is 0.0536. The molecule has 3 aliphatic rings. The van der Waals surface area contributed by atoms with Crippen molar-refractivity contribution >= 4 is 64.2 Å². The van der Waals surface area contributed by atoms with Gasteiger partial charge >= 0.3 is 35.5 Å². The number of urea groups is 1. The molecule has 5 heterocycles. The van der Waals surface area contributed by atoms with E-state index in [0.717, 1.165) is 12.1 Å². The predicted octanol–water partition coefficient (Wildman–Crippen LogP) is 2.34. The van der Waals surface area contributed by atoms with Crippen molar-refractivity contribution in [2.24, 2.45) is 0 Å². The van der Waals surface area contributed by atoms with Gasteiger partial charge in [0.1, 0.15) is 30.2 Å². The van der Waals surface area contributed by atoms with E-state index >= 15 is 0 Å². The van der Waals surface area contributed by atoms with Gasteiger partial charge in [-0.15, -0.1) is 0 Å². The van der Waals surface area contributed by atoms with Gasteiger partial charge in [-0.2, -0.15) is 20.4 Å². The number of nitrogens with one attached hydrogen (secondary N) is 2. The van der Waals surface area contributed by atoms with E-state index < -0.39 is 60.6 Å². The molecule has 3 saturated heterocycles. The van der Waals surface area contributed by atoms with Crippen LogP contribution in [0.3, 0.4) is 0 Å². The number of nitrogen functional groups attached to an aromatic ring is 1. The van der Waals surface area contributed by atoms with Crippen LogP contribution in [0.25, 0.3) is 11.2 Å². The van der Waals surface area contributed by atoms with Gasteiger partial charge in [-0.05, 0) is 52.1 Å². The summed E-state index contributed by atoms with van der Waals surface area (Å²) in [4.78, 5) is 69.5. The van der Waals surface area contributed by atoms with Gasteiger partial charge in [0.25, 0.3) is 0 Å². The maximum atomic E-state index is 12.3. The Morgan fingerprint density at radius 1 is 0.900 bits per heavy atom. The van der Waals surface area contributed by atoms with Crippen molar-refractivity contribution in [1.82, 2.24) is 40.0 Å². The molecule has 2 amide bonds. The number of hydrogen-bond acceptors (Lipinski definition) is 19. The van der Waals surface area contributed by atoms with Gasteiger partial charge in [-0.25, -0.2) is 33.4 Å². The lowest BCUT2D eigenvalue weighted by Gasteiger charge is -2.20. The lowest BCUT2D eigenvalue weighted by atomic mass is 10.0. The van der Waals surface area contributed by atoms with Crippen LogP contribution in [0.1, 0.15) is 73.5 Å². The van der Waals surface area contributed by atoms with E-state index in [1.165, 1.54) is 50.2 Å². The van der Waals surface area contributed by atoms with Crippen LogP contribution in [-0.4, -0.2) is 153 Å². The van der Waals surface area contributed by atoms with Crippen molar-refractivity contribution in [3.05, 3.63) is 12.7 Å². The Bertz CT molecular complexity index is 1810. The van der Waals surface area contributed by atoms with Gasteiger partial charge in [0.15, 0.2) is 17.7 Å². The van der Waals surface area contributed by atoms with Gasteiger partial charge in [-0.1, -0.05) is 48.0 Å². The number of hydrogen-bond donors (Lipinski definition) is 8. The molecule has 0 aromatic carbocycles. The van der Waals surface area contributed by atoms with Crippen LogP contribution < -0.4 is 16.4 Å². The highest BCUT2D eigenvalue weighted by Gasteiger charge is 2.48. The van der Waals surface area contributed by atoms with Crippen LogP contribution >= 0.6 is 35.2 Å². The Kier molecular flexibility index (Phi) is 20.8. The molecule has 344 valence electrons. The highest BCUT2D eigenvalue weighted by molar-refractivity contribution is 8.00. The van der Waals surface area contributed by atoms with Crippen LogP contribution in [-0.2, 0) is 40.9 Å². The zero-order valence-electron chi connectivity index (χ0n) is 34.5. The fourth-order valence-electron chi connectivity index (χ4n) is 6.41. The number of ether oxygens (including phenoxy) is 1. The summed E-state index contributed by atoms with van der Waals surface area (Å²) in [5.41, 5.74) is 6.03. The molecule has 28 heteroatoms. The van der Waals surface area contributed by atoms with Crippen LogP contribution in [0.2, 0.25) is 0 Å². The average molecular weight is 936 g/mol. The second kappa shape index (κ2) is 23.9. The predicted molar refractivity (Wildman–Crippen MR) is 220 cm³/mol. The third-order valence-electron chi connectivity index (χ3n) is 9.77. The van der Waals surface area contributed by atoms with E-state index in [9.17, 15) is 48.2 Å². The Morgan fingerprint density at radius 3 is 2.08 bits per heavy atom. The maximum absolute atomic E-state index is 12.3. The van der Waals surface area contributed by atoms with Crippen molar-refractivity contribution in [1.29, 1.82) is 0 Å². The van der Waals surface area contributed by atoms with E-state index in [4.69, 9.17) is 10.5 Å². The van der Waals surface area contributed by atoms with E-state index in [1.54, 1.807) is 11.8 Å². The summed E-state index contributed by atoms with van der Waals surface area (Å²) < 4.78 is 60.2. The third kappa shape index (κ3) is 15.5. The molecule has 2 aromatic rings. The molecule has 0 aliphatic carbocycles. The lowest BCUT2D eigenvalue weighted by molar-refractivity contribution is -0.135. The number of aliphatic hydroxyl groups excluding tert-OH is 2. The molecular weight excluding hydrogens is 875 g/mol. The zero-order valence-corrected chi connectivity index (χ0v) is 38.0. The number of carbonyl (C=O) groups excluding carboxylic acids is 2. The van der Waals surface area contributed by atoms with E-state index in [-0.39, 0.29) is 53.2 Å².